The lowest BCUT2D eigenvalue weighted by Gasteiger charge is -2.36. The van der Waals surface area contributed by atoms with Gasteiger partial charge in [0.15, 0.2) is 0 Å². The number of hydrogen-bond acceptors (Lipinski definition) is 2. The van der Waals surface area contributed by atoms with Gasteiger partial charge in [-0.15, -0.1) is 0 Å². The van der Waals surface area contributed by atoms with Crippen molar-refractivity contribution in [1.29, 1.82) is 0 Å². The summed E-state index contributed by atoms with van der Waals surface area (Å²) in [6.45, 7) is 11.9. The molecule has 0 radical (unpaired) electrons. The van der Waals surface area contributed by atoms with E-state index in [4.69, 9.17) is 4.74 Å². The highest BCUT2D eigenvalue weighted by atomic mass is 79.9. The summed E-state index contributed by atoms with van der Waals surface area (Å²) in [6, 6.07) is 0. The van der Waals surface area contributed by atoms with Crippen LogP contribution in [-0.4, -0.2) is 17.4 Å². The first kappa shape index (κ1) is 22.0. The fourth-order valence-corrected chi connectivity index (χ4v) is 4.19. The second-order valence-corrected chi connectivity index (χ2v) is 9.41. The summed E-state index contributed by atoms with van der Waals surface area (Å²) < 4.78 is 5.67. The molecule has 1 aliphatic carbocycles. The molecule has 0 aliphatic heterocycles. The maximum Gasteiger partial charge on any atom is 0.306 e. The van der Waals surface area contributed by atoms with Gasteiger partial charge in [-0.05, 0) is 61.7 Å². The monoisotopic (exact) mass is 402 g/mol. The number of halogens is 1. The summed E-state index contributed by atoms with van der Waals surface area (Å²) in [5.41, 5.74) is 0. The molecule has 0 saturated heterocycles. The summed E-state index contributed by atoms with van der Waals surface area (Å²) >= 11 is 3.37. The van der Waals surface area contributed by atoms with Crippen LogP contribution in [0.5, 0.6) is 0 Å². The summed E-state index contributed by atoms with van der Waals surface area (Å²) in [6.07, 6.45) is 8.95. The van der Waals surface area contributed by atoms with E-state index in [0.29, 0.717) is 12.3 Å². The average Bonchev–Trinajstić information content (AvgIpc) is 2.52. The quantitative estimate of drug-likeness (QED) is 0.303. The van der Waals surface area contributed by atoms with Crippen LogP contribution in [0.3, 0.4) is 0 Å². The number of carbonyl (C=O) groups excluding carboxylic acids is 1. The molecule has 0 aromatic carbocycles. The second-order valence-electron chi connectivity index (χ2n) is 8.62. The zero-order chi connectivity index (χ0) is 18.1. The van der Waals surface area contributed by atoms with E-state index in [9.17, 15) is 4.79 Å². The molecule has 0 N–H and O–H groups in total. The number of esters is 1. The smallest absolute Gasteiger partial charge is 0.306 e. The third-order valence-electron chi connectivity index (χ3n) is 5.96. The third-order valence-corrected chi connectivity index (χ3v) is 6.52. The fraction of sp³-hybridized carbons (Fsp3) is 0.952. The predicted octanol–water partition coefficient (Wildman–Crippen LogP) is 6.61. The Kier molecular flexibility index (Phi) is 10.6. The Morgan fingerprint density at radius 1 is 1.12 bits per heavy atom. The van der Waals surface area contributed by atoms with Gasteiger partial charge in [0.1, 0.15) is 6.10 Å². The van der Waals surface area contributed by atoms with Gasteiger partial charge in [-0.2, -0.15) is 0 Å². The van der Waals surface area contributed by atoms with Crippen LogP contribution < -0.4 is 0 Å². The van der Waals surface area contributed by atoms with E-state index in [1.807, 2.05) is 0 Å². The standard InChI is InChI=1S/C21H39BrO2/c1-15(2)8-9-16(3)17(4)13-19-10-11-20(14-18(19)5)24-21(23)7-6-12-22/h15-20H,6-14H2,1-5H3. The van der Waals surface area contributed by atoms with Gasteiger partial charge in [0.2, 0.25) is 0 Å². The minimum atomic E-state index is -0.0132. The van der Waals surface area contributed by atoms with E-state index < -0.39 is 0 Å². The highest BCUT2D eigenvalue weighted by Gasteiger charge is 2.31. The van der Waals surface area contributed by atoms with Crippen LogP contribution in [0.4, 0.5) is 0 Å². The molecule has 0 amide bonds. The van der Waals surface area contributed by atoms with E-state index in [1.54, 1.807) is 0 Å². The van der Waals surface area contributed by atoms with Crippen molar-refractivity contribution in [2.24, 2.45) is 29.6 Å². The van der Waals surface area contributed by atoms with Crippen molar-refractivity contribution in [3.63, 3.8) is 0 Å². The average molecular weight is 403 g/mol. The predicted molar refractivity (Wildman–Crippen MR) is 106 cm³/mol. The van der Waals surface area contributed by atoms with Gasteiger partial charge in [0.05, 0.1) is 0 Å². The summed E-state index contributed by atoms with van der Waals surface area (Å²) in [5.74, 6) is 3.90. The van der Waals surface area contributed by atoms with Crippen LogP contribution in [-0.2, 0) is 9.53 Å². The van der Waals surface area contributed by atoms with E-state index >= 15 is 0 Å². The Bertz CT molecular complexity index is 356. The molecule has 3 heteroatoms. The number of carbonyl (C=O) groups is 1. The highest BCUT2D eigenvalue weighted by Crippen LogP contribution is 2.37. The lowest BCUT2D eigenvalue weighted by atomic mass is 9.72. The molecule has 0 aromatic rings. The van der Waals surface area contributed by atoms with Gasteiger partial charge in [0.25, 0.3) is 0 Å². The molecule has 1 rings (SSSR count). The summed E-state index contributed by atoms with van der Waals surface area (Å²) in [5, 5.41) is 0.873. The minimum absolute atomic E-state index is 0.0132. The molecule has 24 heavy (non-hydrogen) atoms. The zero-order valence-corrected chi connectivity index (χ0v) is 18.1. The molecule has 2 nitrogen and oxygen atoms in total. The number of alkyl halides is 1. The molecule has 1 fully saturated rings. The first-order valence-electron chi connectivity index (χ1n) is 10.1. The van der Waals surface area contributed by atoms with Gasteiger partial charge < -0.3 is 4.74 Å². The van der Waals surface area contributed by atoms with Crippen LogP contribution >= 0.6 is 15.9 Å². The maximum absolute atomic E-state index is 11.8. The topological polar surface area (TPSA) is 26.3 Å². The molecule has 1 aliphatic rings. The number of hydrogen-bond donors (Lipinski definition) is 0. The Labute approximate surface area is 158 Å². The number of ether oxygens (including phenoxy) is 1. The van der Waals surface area contributed by atoms with E-state index in [1.165, 1.54) is 25.7 Å². The molecule has 0 heterocycles. The van der Waals surface area contributed by atoms with E-state index in [0.717, 1.165) is 48.3 Å². The van der Waals surface area contributed by atoms with Crippen LogP contribution in [0.2, 0.25) is 0 Å². The Morgan fingerprint density at radius 3 is 2.42 bits per heavy atom. The molecular formula is C21H39BrO2. The fourth-order valence-electron chi connectivity index (χ4n) is 3.91. The SMILES string of the molecule is CC(C)CCC(C)C(C)CC1CCC(OC(=O)CCCBr)CC1C. The molecule has 1 saturated carbocycles. The normalized spacial score (nSPS) is 27.0. The Balaban J connectivity index is 2.34. The minimum Gasteiger partial charge on any atom is -0.462 e. The Hall–Kier alpha value is -0.0500. The van der Waals surface area contributed by atoms with E-state index in [2.05, 4.69) is 50.5 Å². The lowest BCUT2D eigenvalue weighted by molar-refractivity contribution is -0.152. The molecule has 5 unspecified atom stereocenters. The van der Waals surface area contributed by atoms with E-state index in [-0.39, 0.29) is 12.1 Å². The van der Waals surface area contributed by atoms with Gasteiger partial charge in [-0.3, -0.25) is 4.79 Å². The molecule has 142 valence electrons. The molecular weight excluding hydrogens is 364 g/mol. The van der Waals surface area contributed by atoms with Crippen molar-refractivity contribution in [2.45, 2.75) is 92.1 Å². The summed E-state index contributed by atoms with van der Waals surface area (Å²) in [7, 11) is 0. The van der Waals surface area contributed by atoms with Crippen molar-refractivity contribution < 1.29 is 9.53 Å². The number of rotatable bonds is 10. The Morgan fingerprint density at radius 2 is 1.83 bits per heavy atom. The first-order chi connectivity index (χ1) is 11.3. The molecule has 0 bridgehead atoms. The van der Waals surface area contributed by atoms with Gasteiger partial charge in [0, 0.05) is 11.8 Å². The highest BCUT2D eigenvalue weighted by molar-refractivity contribution is 9.09. The van der Waals surface area contributed by atoms with Crippen LogP contribution in [0, 0.1) is 29.6 Å². The lowest BCUT2D eigenvalue weighted by Crippen LogP contribution is -2.31. The third kappa shape index (κ3) is 8.36. The molecule has 0 spiro atoms. The summed E-state index contributed by atoms with van der Waals surface area (Å²) in [4.78, 5) is 11.8. The van der Waals surface area contributed by atoms with Crippen molar-refractivity contribution >= 4 is 21.9 Å². The van der Waals surface area contributed by atoms with Crippen molar-refractivity contribution in [3.05, 3.63) is 0 Å². The molecule has 5 atom stereocenters. The van der Waals surface area contributed by atoms with Gasteiger partial charge in [-0.1, -0.05) is 63.4 Å². The largest absolute Gasteiger partial charge is 0.462 e. The van der Waals surface area contributed by atoms with Crippen molar-refractivity contribution in [2.75, 3.05) is 5.33 Å². The van der Waals surface area contributed by atoms with Crippen LogP contribution in [0.15, 0.2) is 0 Å². The van der Waals surface area contributed by atoms with Gasteiger partial charge >= 0.3 is 5.97 Å². The van der Waals surface area contributed by atoms with Gasteiger partial charge in [-0.25, -0.2) is 0 Å². The van der Waals surface area contributed by atoms with Crippen molar-refractivity contribution in [3.8, 4) is 0 Å². The molecule has 0 aromatic heterocycles. The maximum atomic E-state index is 11.8. The van der Waals surface area contributed by atoms with Crippen LogP contribution in [0.25, 0.3) is 0 Å². The first-order valence-corrected chi connectivity index (χ1v) is 11.2. The van der Waals surface area contributed by atoms with Crippen molar-refractivity contribution in [1.82, 2.24) is 0 Å². The van der Waals surface area contributed by atoms with Crippen LogP contribution in [0.1, 0.15) is 86.0 Å². The second kappa shape index (κ2) is 11.5. The zero-order valence-electron chi connectivity index (χ0n) is 16.5.